The van der Waals surface area contributed by atoms with Gasteiger partial charge in [0.2, 0.25) is 0 Å². The summed E-state index contributed by atoms with van der Waals surface area (Å²) in [6.45, 7) is 25.2. The van der Waals surface area contributed by atoms with Crippen molar-refractivity contribution in [2.75, 3.05) is 0 Å². The first-order chi connectivity index (χ1) is 9.30. The van der Waals surface area contributed by atoms with Crippen LogP contribution in [0.25, 0.3) is 0 Å². The first-order valence-electron chi connectivity index (χ1n) is 7.69. The Kier molecular flexibility index (Phi) is 36.4. The van der Waals surface area contributed by atoms with Crippen LogP contribution < -0.4 is 0 Å². The molecule has 0 aromatic heterocycles. The maximum Gasteiger partial charge on any atom is 0.308 e. The van der Waals surface area contributed by atoms with Crippen LogP contribution in [0.3, 0.4) is 0 Å². The van der Waals surface area contributed by atoms with E-state index < -0.39 is 11.4 Å². The highest BCUT2D eigenvalue weighted by molar-refractivity contribution is 5.76. The van der Waals surface area contributed by atoms with Crippen LogP contribution in [0.15, 0.2) is 12.2 Å². The van der Waals surface area contributed by atoms with Crippen molar-refractivity contribution < 1.29 is 14.7 Å². The van der Waals surface area contributed by atoms with Crippen LogP contribution in [0.4, 0.5) is 0 Å². The van der Waals surface area contributed by atoms with Gasteiger partial charge < -0.3 is 9.90 Å². The number of rotatable bonds is 1. The summed E-state index contributed by atoms with van der Waals surface area (Å²) in [5.41, 5.74) is 1.14. The van der Waals surface area contributed by atoms with Crippen LogP contribution in [0.2, 0.25) is 0 Å². The normalized spacial score (nSPS) is 9.30. The second kappa shape index (κ2) is 19.6. The Hall–Kier alpha value is -1.12. The summed E-state index contributed by atoms with van der Waals surface area (Å²) < 4.78 is 0. The molecule has 3 nitrogen and oxygen atoms in total. The molecule has 3 heteroatoms. The van der Waals surface area contributed by atoms with Crippen molar-refractivity contribution >= 4 is 11.8 Å². The molecule has 0 aliphatic rings. The van der Waals surface area contributed by atoms with Gasteiger partial charge in [-0.15, -0.1) is 0 Å². The summed E-state index contributed by atoms with van der Waals surface area (Å²) in [5.74, 6) is -0.481. The molecule has 0 amide bonds. The molecule has 0 fully saturated rings. The van der Waals surface area contributed by atoms with Crippen molar-refractivity contribution in [3.63, 3.8) is 0 Å². The van der Waals surface area contributed by atoms with E-state index in [4.69, 9.17) is 5.11 Å². The van der Waals surface area contributed by atoms with E-state index in [0.717, 1.165) is 0 Å². The van der Waals surface area contributed by atoms with Crippen LogP contribution in [0.5, 0.6) is 0 Å². The summed E-state index contributed by atoms with van der Waals surface area (Å²) in [6.07, 6.45) is 0.687. The van der Waals surface area contributed by atoms with Gasteiger partial charge >= 0.3 is 5.97 Å². The lowest BCUT2D eigenvalue weighted by molar-refractivity contribution is -0.145. The van der Waals surface area contributed by atoms with Crippen LogP contribution in [0.1, 0.15) is 120 Å². The number of carboxylic acid groups (broad SMARTS) is 1. The third kappa shape index (κ3) is 51.6. The molecule has 0 atom stereocenters. The first kappa shape index (κ1) is 50.1. The molecule has 0 bridgehead atoms. The van der Waals surface area contributed by atoms with E-state index in [0.29, 0.717) is 11.8 Å². The van der Waals surface area contributed by atoms with Crippen LogP contribution in [-0.4, -0.2) is 16.9 Å². The Balaban J connectivity index is -0.0000000307. The van der Waals surface area contributed by atoms with E-state index in [2.05, 4.69) is 55.0 Å². The van der Waals surface area contributed by atoms with Gasteiger partial charge in [-0.2, -0.15) is 0 Å². The van der Waals surface area contributed by atoms with Crippen LogP contribution in [-0.2, 0) is 9.59 Å². The maximum absolute atomic E-state index is 10.5. The van der Waals surface area contributed by atoms with Gasteiger partial charge in [-0.05, 0) is 45.4 Å². The van der Waals surface area contributed by atoms with Crippen molar-refractivity contribution in [2.45, 2.75) is 120 Å². The van der Waals surface area contributed by atoms with Gasteiger partial charge in [0.05, 0.1) is 5.41 Å². The summed E-state index contributed by atoms with van der Waals surface area (Å²) >= 11 is 0. The highest BCUT2D eigenvalue weighted by atomic mass is 16.4. The molecule has 0 saturated carbocycles. The van der Waals surface area contributed by atoms with Gasteiger partial charge in [0.1, 0.15) is 5.78 Å². The fraction of sp³-hybridized carbons (Fsp3) is 0.833. The number of allylic oxidation sites excluding steroid dienone is 1. The number of hydrogen-bond donors (Lipinski definition) is 1. The molecule has 0 unspecified atom stereocenters. The third-order valence-electron chi connectivity index (χ3n) is 2.70. The zero-order valence-corrected chi connectivity index (χ0v) is 16.7. The fourth-order valence-corrected chi connectivity index (χ4v) is 0.747. The largest absolute Gasteiger partial charge is 0.481 e. The van der Waals surface area contributed by atoms with Crippen molar-refractivity contribution in [1.29, 1.82) is 0 Å². The third-order valence-corrected chi connectivity index (χ3v) is 2.70. The number of carboxylic acids is 1. The number of Topliss-reactive ketones (excluding diaryl/α,β-unsaturated/α-hetero) is 1. The Labute approximate surface area is 175 Å². The molecular weight excluding hydrogens is 336 g/mol. The van der Waals surface area contributed by atoms with Gasteiger partial charge in [-0.25, -0.2) is 0 Å². The van der Waals surface area contributed by atoms with E-state index in [-0.39, 0.29) is 48.3 Å². The average Bonchev–Trinajstić information content (AvgIpc) is 2.11. The Morgan fingerprint density at radius 1 is 0.704 bits per heavy atom. The first-order valence-corrected chi connectivity index (χ1v) is 7.69. The molecule has 0 heterocycles. The number of carbonyl (C=O) groups excluding carboxylic acids is 1. The molecule has 172 valence electrons. The zero-order valence-electron chi connectivity index (χ0n) is 16.7. The molecule has 0 aliphatic carbocycles. The SMILES string of the molecule is C.C.C.C.C.C=C(C)C(C)(C)C.CC(=O)CC(C)(C)C.CC(C)(C)C(=O)O. The van der Waals surface area contributed by atoms with Crippen molar-refractivity contribution in [1.82, 2.24) is 0 Å². The van der Waals surface area contributed by atoms with E-state index in [1.54, 1.807) is 27.7 Å². The quantitative estimate of drug-likeness (QED) is 0.451. The molecule has 0 saturated heterocycles. The Morgan fingerprint density at radius 2 is 0.889 bits per heavy atom. The molecule has 0 rings (SSSR count). The van der Waals surface area contributed by atoms with Crippen LogP contribution in [0, 0.1) is 16.2 Å². The smallest absolute Gasteiger partial charge is 0.308 e. The molecule has 0 aromatic carbocycles. The molecule has 27 heavy (non-hydrogen) atoms. The number of carbonyl (C=O) groups is 2. The van der Waals surface area contributed by atoms with Crippen LogP contribution >= 0.6 is 0 Å². The highest BCUT2D eigenvalue weighted by Gasteiger charge is 2.18. The number of ketones is 1. The second-order valence-corrected chi connectivity index (χ2v) is 9.02. The minimum atomic E-state index is -0.757. The maximum atomic E-state index is 10.5. The predicted molar refractivity (Wildman–Crippen MR) is 130 cm³/mol. The predicted octanol–water partition coefficient (Wildman–Crippen LogP) is 8.92. The van der Waals surface area contributed by atoms with Crippen molar-refractivity contribution in [2.24, 2.45) is 16.2 Å². The van der Waals surface area contributed by atoms with Gasteiger partial charge in [-0.3, -0.25) is 4.79 Å². The number of hydrogen-bond acceptors (Lipinski definition) is 2. The van der Waals surface area contributed by atoms with E-state index in [1.165, 1.54) is 5.57 Å². The average molecular weight is 395 g/mol. The highest BCUT2D eigenvalue weighted by Crippen LogP contribution is 2.21. The lowest BCUT2D eigenvalue weighted by atomic mass is 9.89. The molecule has 0 aliphatic heterocycles. The van der Waals surface area contributed by atoms with E-state index in [9.17, 15) is 9.59 Å². The topological polar surface area (TPSA) is 54.4 Å². The van der Waals surface area contributed by atoms with Gasteiger partial charge in [0.15, 0.2) is 0 Å². The standard InChI is InChI=1S/C7H14O.C7H14.C5H10O2.5CH4/c1-6(8)5-7(2,3)4;1-6(2)7(3,4)5;1-5(2,3)4(6)7;;;;;/h5H2,1-4H3;1H2,2-5H3;1-3H3,(H,6,7);5*1H4. The van der Waals surface area contributed by atoms with E-state index in [1.807, 2.05) is 0 Å². The molecule has 1 N–H and O–H groups in total. The van der Waals surface area contributed by atoms with Gasteiger partial charge in [0.25, 0.3) is 0 Å². The Bertz CT molecular complexity index is 335. The molecule has 0 radical (unpaired) electrons. The number of aliphatic carboxylic acids is 1. The molecular formula is C24H58O3. The van der Waals surface area contributed by atoms with Crippen molar-refractivity contribution in [3.05, 3.63) is 12.2 Å². The van der Waals surface area contributed by atoms with Gasteiger partial charge in [0, 0.05) is 6.42 Å². The summed E-state index contributed by atoms with van der Waals surface area (Å²) in [4.78, 5) is 20.5. The molecule has 0 spiro atoms. The zero-order chi connectivity index (χ0) is 18.9. The lowest BCUT2D eigenvalue weighted by Gasteiger charge is -2.16. The van der Waals surface area contributed by atoms with Gasteiger partial charge in [-0.1, -0.05) is 90.8 Å². The second-order valence-electron chi connectivity index (χ2n) is 9.02. The monoisotopic (exact) mass is 394 g/mol. The lowest BCUT2D eigenvalue weighted by Crippen LogP contribution is -2.18. The summed E-state index contributed by atoms with van der Waals surface area (Å²) in [5, 5.41) is 8.25. The van der Waals surface area contributed by atoms with E-state index >= 15 is 0 Å². The minimum absolute atomic E-state index is 0. The molecule has 0 aromatic rings. The minimum Gasteiger partial charge on any atom is -0.481 e. The van der Waals surface area contributed by atoms with Crippen molar-refractivity contribution in [3.8, 4) is 0 Å². The summed E-state index contributed by atoms with van der Waals surface area (Å²) in [6, 6.07) is 0. The Morgan fingerprint density at radius 3 is 0.889 bits per heavy atom. The summed E-state index contributed by atoms with van der Waals surface area (Å²) in [7, 11) is 0. The fourth-order valence-electron chi connectivity index (χ4n) is 0.747.